The standard InChI is InChI=1S/C13H20N2O3/c1-13(2,3)18-12(17)7-6-11(16)15-8-4-5-10(15)9-14/h10H,4-8H2,1-3H3/t10-/m0/s1. The van der Waals surface area contributed by atoms with Gasteiger partial charge in [0.1, 0.15) is 11.6 Å². The molecular weight excluding hydrogens is 232 g/mol. The molecule has 0 N–H and O–H groups in total. The molecule has 0 unspecified atom stereocenters. The van der Waals surface area contributed by atoms with Crippen molar-refractivity contribution in [1.82, 2.24) is 4.90 Å². The highest BCUT2D eigenvalue weighted by Gasteiger charge is 2.28. The average Bonchev–Trinajstić information content (AvgIpc) is 2.71. The summed E-state index contributed by atoms with van der Waals surface area (Å²) in [7, 11) is 0. The molecule has 1 rings (SSSR count). The number of carbonyl (C=O) groups is 2. The van der Waals surface area contributed by atoms with Gasteiger partial charge in [0.05, 0.1) is 12.5 Å². The molecule has 1 amide bonds. The molecule has 0 spiro atoms. The molecule has 0 aromatic rings. The van der Waals surface area contributed by atoms with E-state index in [4.69, 9.17) is 10.00 Å². The Hall–Kier alpha value is -1.57. The van der Waals surface area contributed by atoms with E-state index >= 15 is 0 Å². The molecule has 0 aromatic heterocycles. The van der Waals surface area contributed by atoms with Gasteiger partial charge in [-0.25, -0.2) is 0 Å². The van der Waals surface area contributed by atoms with Crippen LogP contribution in [-0.4, -0.2) is 35.0 Å². The third kappa shape index (κ3) is 4.36. The molecule has 1 saturated heterocycles. The Morgan fingerprint density at radius 3 is 2.61 bits per heavy atom. The Morgan fingerprint density at radius 2 is 2.06 bits per heavy atom. The van der Waals surface area contributed by atoms with Crippen LogP contribution < -0.4 is 0 Å². The first-order chi connectivity index (χ1) is 8.33. The summed E-state index contributed by atoms with van der Waals surface area (Å²) < 4.78 is 5.13. The van der Waals surface area contributed by atoms with Crippen molar-refractivity contribution in [1.29, 1.82) is 5.26 Å². The summed E-state index contributed by atoms with van der Waals surface area (Å²) in [5, 5.41) is 8.88. The van der Waals surface area contributed by atoms with Crippen molar-refractivity contribution in [2.24, 2.45) is 0 Å². The number of nitrogens with zero attached hydrogens (tertiary/aromatic N) is 2. The molecule has 0 aromatic carbocycles. The van der Waals surface area contributed by atoms with E-state index in [1.54, 1.807) is 25.7 Å². The third-order valence-electron chi connectivity index (χ3n) is 2.69. The number of hydrogen-bond donors (Lipinski definition) is 0. The smallest absolute Gasteiger partial charge is 0.306 e. The Bertz CT molecular complexity index is 365. The SMILES string of the molecule is CC(C)(C)OC(=O)CCC(=O)N1CCC[C@H]1C#N. The molecule has 1 atom stereocenters. The van der Waals surface area contributed by atoms with E-state index in [1.165, 1.54) is 0 Å². The highest BCUT2D eigenvalue weighted by molar-refractivity contribution is 5.82. The number of esters is 1. The minimum atomic E-state index is -0.525. The molecule has 0 aliphatic carbocycles. The molecule has 5 heteroatoms. The lowest BCUT2D eigenvalue weighted by Crippen LogP contribution is -2.35. The fraction of sp³-hybridized carbons (Fsp3) is 0.769. The number of likely N-dealkylation sites (tertiary alicyclic amines) is 1. The monoisotopic (exact) mass is 252 g/mol. The first-order valence-corrected chi connectivity index (χ1v) is 6.24. The van der Waals surface area contributed by atoms with Crippen LogP contribution in [-0.2, 0) is 14.3 Å². The molecule has 0 radical (unpaired) electrons. The lowest BCUT2D eigenvalue weighted by atomic mass is 10.2. The van der Waals surface area contributed by atoms with Crippen LogP contribution in [0.3, 0.4) is 0 Å². The van der Waals surface area contributed by atoms with Crippen molar-refractivity contribution in [2.75, 3.05) is 6.54 Å². The van der Waals surface area contributed by atoms with Gasteiger partial charge in [0, 0.05) is 13.0 Å². The van der Waals surface area contributed by atoms with E-state index < -0.39 is 5.60 Å². The van der Waals surface area contributed by atoms with Crippen LogP contribution in [0.4, 0.5) is 0 Å². The fourth-order valence-electron chi connectivity index (χ4n) is 1.94. The lowest BCUT2D eigenvalue weighted by Gasteiger charge is -2.21. The minimum absolute atomic E-state index is 0.0742. The van der Waals surface area contributed by atoms with E-state index in [2.05, 4.69) is 6.07 Å². The zero-order valence-corrected chi connectivity index (χ0v) is 11.2. The second-order valence-electron chi connectivity index (χ2n) is 5.46. The molecular formula is C13H20N2O3. The maximum atomic E-state index is 11.9. The highest BCUT2D eigenvalue weighted by Crippen LogP contribution is 2.18. The van der Waals surface area contributed by atoms with Crippen LogP contribution in [0.25, 0.3) is 0 Å². The summed E-state index contributed by atoms with van der Waals surface area (Å²) >= 11 is 0. The summed E-state index contributed by atoms with van der Waals surface area (Å²) in [6.45, 7) is 5.99. The molecule has 1 aliphatic rings. The average molecular weight is 252 g/mol. The van der Waals surface area contributed by atoms with Crippen molar-refractivity contribution in [3.8, 4) is 6.07 Å². The van der Waals surface area contributed by atoms with Crippen molar-refractivity contribution in [3.63, 3.8) is 0 Å². The number of amides is 1. The van der Waals surface area contributed by atoms with E-state index in [9.17, 15) is 9.59 Å². The van der Waals surface area contributed by atoms with Crippen molar-refractivity contribution in [3.05, 3.63) is 0 Å². The Morgan fingerprint density at radius 1 is 1.39 bits per heavy atom. The predicted octanol–water partition coefficient (Wildman–Crippen LogP) is 1.62. The Balaban J connectivity index is 2.38. The first-order valence-electron chi connectivity index (χ1n) is 6.24. The van der Waals surface area contributed by atoms with Gasteiger partial charge in [-0.15, -0.1) is 0 Å². The largest absolute Gasteiger partial charge is 0.460 e. The Kier molecular flexibility index (Phi) is 4.71. The summed E-state index contributed by atoms with van der Waals surface area (Å²) in [5.74, 6) is -0.506. The van der Waals surface area contributed by atoms with E-state index in [-0.39, 0.29) is 30.8 Å². The van der Waals surface area contributed by atoms with Crippen LogP contribution in [0.5, 0.6) is 0 Å². The van der Waals surface area contributed by atoms with Crippen molar-refractivity contribution in [2.45, 2.75) is 58.1 Å². The number of rotatable bonds is 3. The molecule has 0 bridgehead atoms. The fourth-order valence-corrected chi connectivity index (χ4v) is 1.94. The topological polar surface area (TPSA) is 70.4 Å². The van der Waals surface area contributed by atoms with Crippen molar-refractivity contribution >= 4 is 11.9 Å². The van der Waals surface area contributed by atoms with Crippen LogP contribution in [0.2, 0.25) is 0 Å². The highest BCUT2D eigenvalue weighted by atomic mass is 16.6. The van der Waals surface area contributed by atoms with Gasteiger partial charge in [0.25, 0.3) is 0 Å². The molecule has 1 fully saturated rings. The summed E-state index contributed by atoms with van der Waals surface area (Å²) in [4.78, 5) is 24.9. The lowest BCUT2D eigenvalue weighted by molar-refractivity contribution is -0.156. The van der Waals surface area contributed by atoms with Gasteiger partial charge in [-0.3, -0.25) is 9.59 Å². The van der Waals surface area contributed by atoms with Gasteiger partial charge >= 0.3 is 5.97 Å². The van der Waals surface area contributed by atoms with Crippen LogP contribution in [0, 0.1) is 11.3 Å². The zero-order valence-electron chi connectivity index (χ0n) is 11.2. The normalized spacial score (nSPS) is 19.4. The summed E-state index contributed by atoms with van der Waals surface area (Å²) in [6.07, 6.45) is 1.78. The van der Waals surface area contributed by atoms with Gasteiger partial charge in [0.2, 0.25) is 5.91 Å². The van der Waals surface area contributed by atoms with E-state index in [0.29, 0.717) is 6.54 Å². The second kappa shape index (κ2) is 5.85. The zero-order chi connectivity index (χ0) is 13.8. The van der Waals surface area contributed by atoms with Crippen LogP contribution in [0.1, 0.15) is 46.5 Å². The minimum Gasteiger partial charge on any atom is -0.460 e. The summed E-state index contributed by atoms with van der Waals surface area (Å²) in [6, 6.07) is 1.79. The van der Waals surface area contributed by atoms with Crippen LogP contribution >= 0.6 is 0 Å². The second-order valence-corrected chi connectivity index (χ2v) is 5.46. The summed E-state index contributed by atoms with van der Waals surface area (Å²) in [5.41, 5.74) is -0.525. The number of nitriles is 1. The molecule has 1 aliphatic heterocycles. The first kappa shape index (κ1) is 14.5. The third-order valence-corrected chi connectivity index (χ3v) is 2.69. The van der Waals surface area contributed by atoms with Gasteiger partial charge in [-0.2, -0.15) is 5.26 Å². The maximum absolute atomic E-state index is 11.9. The number of ether oxygens (including phenoxy) is 1. The maximum Gasteiger partial charge on any atom is 0.306 e. The molecule has 0 saturated carbocycles. The quantitative estimate of drug-likeness (QED) is 0.716. The van der Waals surface area contributed by atoms with Crippen LogP contribution in [0.15, 0.2) is 0 Å². The molecule has 5 nitrogen and oxygen atoms in total. The van der Waals surface area contributed by atoms with Gasteiger partial charge in [-0.05, 0) is 33.6 Å². The number of hydrogen-bond acceptors (Lipinski definition) is 4. The van der Waals surface area contributed by atoms with E-state index in [0.717, 1.165) is 12.8 Å². The van der Waals surface area contributed by atoms with Crippen molar-refractivity contribution < 1.29 is 14.3 Å². The van der Waals surface area contributed by atoms with Gasteiger partial charge in [0.15, 0.2) is 0 Å². The molecule has 18 heavy (non-hydrogen) atoms. The predicted molar refractivity (Wildman–Crippen MR) is 65.4 cm³/mol. The van der Waals surface area contributed by atoms with Gasteiger partial charge < -0.3 is 9.64 Å². The van der Waals surface area contributed by atoms with E-state index in [1.807, 2.05) is 0 Å². The molecule has 100 valence electrons. The Labute approximate surface area is 108 Å². The number of carbonyl (C=O) groups excluding carboxylic acids is 2. The van der Waals surface area contributed by atoms with Gasteiger partial charge in [-0.1, -0.05) is 0 Å². The molecule has 1 heterocycles.